The number of carbonyl (C=O) groups is 1. The number of aliphatic hydroxyl groups excluding tert-OH is 1. The van der Waals surface area contributed by atoms with Crippen molar-refractivity contribution in [2.24, 2.45) is 0 Å². The summed E-state index contributed by atoms with van der Waals surface area (Å²) in [6.45, 7) is 4.09. The van der Waals surface area contributed by atoms with Gasteiger partial charge in [0.2, 0.25) is 0 Å². The van der Waals surface area contributed by atoms with Gasteiger partial charge in [0.25, 0.3) is 0 Å². The Morgan fingerprint density at radius 3 is 2.75 bits per heavy atom. The fraction of sp³-hybridized carbons (Fsp3) is 0.667. The second-order valence-corrected chi connectivity index (χ2v) is 2.47. The molecule has 0 bridgehead atoms. The van der Waals surface area contributed by atoms with E-state index in [0.717, 1.165) is 6.42 Å². The first-order valence-corrected chi connectivity index (χ1v) is 4.23. The summed E-state index contributed by atoms with van der Waals surface area (Å²) in [5, 5.41) is 9.17. The van der Waals surface area contributed by atoms with Gasteiger partial charge < -0.3 is 9.84 Å². The Bertz CT molecular complexity index is 152. The van der Waals surface area contributed by atoms with Gasteiger partial charge in [-0.15, -0.1) is 0 Å². The molecule has 0 saturated heterocycles. The van der Waals surface area contributed by atoms with Gasteiger partial charge in [0.05, 0.1) is 12.7 Å². The minimum absolute atomic E-state index is 0.368. The van der Waals surface area contributed by atoms with E-state index in [1.54, 1.807) is 6.92 Å². The number of ether oxygens (including phenoxy) is 1. The minimum atomic E-state index is -0.528. The molecule has 3 nitrogen and oxygen atoms in total. The molecule has 0 aliphatic carbocycles. The molecule has 0 radical (unpaired) electrons. The average Bonchev–Trinajstić information content (AvgIpc) is 2.02. The number of aliphatic hydroxyl groups is 1. The SMILES string of the molecule is CCC[C@@H](O)/C=C/C(=O)OCC. The van der Waals surface area contributed by atoms with Crippen molar-refractivity contribution in [1.82, 2.24) is 0 Å². The van der Waals surface area contributed by atoms with E-state index >= 15 is 0 Å². The lowest BCUT2D eigenvalue weighted by Crippen LogP contribution is -2.04. The smallest absolute Gasteiger partial charge is 0.330 e. The topological polar surface area (TPSA) is 46.5 Å². The second kappa shape index (κ2) is 6.85. The van der Waals surface area contributed by atoms with Crippen molar-refractivity contribution in [2.75, 3.05) is 6.61 Å². The van der Waals surface area contributed by atoms with E-state index in [1.807, 2.05) is 6.92 Å². The molecule has 1 N–H and O–H groups in total. The highest BCUT2D eigenvalue weighted by Gasteiger charge is 1.98. The number of rotatable bonds is 5. The van der Waals surface area contributed by atoms with Gasteiger partial charge in [-0.3, -0.25) is 0 Å². The van der Waals surface area contributed by atoms with Crippen LogP contribution in [0.15, 0.2) is 12.2 Å². The molecular weight excluding hydrogens is 156 g/mol. The third-order valence-electron chi connectivity index (χ3n) is 1.33. The molecule has 0 spiro atoms. The largest absolute Gasteiger partial charge is 0.463 e. The summed E-state index contributed by atoms with van der Waals surface area (Å²) in [7, 11) is 0. The summed E-state index contributed by atoms with van der Waals surface area (Å²) in [4.78, 5) is 10.7. The molecule has 0 unspecified atom stereocenters. The van der Waals surface area contributed by atoms with Crippen molar-refractivity contribution in [3.8, 4) is 0 Å². The Kier molecular flexibility index (Phi) is 6.38. The van der Waals surface area contributed by atoms with Gasteiger partial charge in [-0.2, -0.15) is 0 Å². The molecule has 1 atom stereocenters. The standard InChI is InChI=1S/C9H16O3/c1-3-5-8(10)6-7-9(11)12-4-2/h6-8,10H,3-5H2,1-2H3/b7-6+/t8-/m1/s1. The second-order valence-electron chi connectivity index (χ2n) is 2.47. The van der Waals surface area contributed by atoms with Crippen molar-refractivity contribution in [2.45, 2.75) is 32.8 Å². The molecule has 0 aromatic rings. The molecule has 0 aliphatic rings. The van der Waals surface area contributed by atoms with Crippen molar-refractivity contribution in [3.05, 3.63) is 12.2 Å². The highest BCUT2D eigenvalue weighted by molar-refractivity contribution is 5.81. The van der Waals surface area contributed by atoms with E-state index in [0.29, 0.717) is 13.0 Å². The normalized spacial score (nSPS) is 13.2. The Morgan fingerprint density at radius 1 is 1.58 bits per heavy atom. The summed E-state index contributed by atoms with van der Waals surface area (Å²) >= 11 is 0. The number of hydrogen-bond acceptors (Lipinski definition) is 3. The van der Waals surface area contributed by atoms with Crippen LogP contribution in [-0.4, -0.2) is 23.8 Å². The van der Waals surface area contributed by atoms with Crippen LogP contribution < -0.4 is 0 Å². The van der Waals surface area contributed by atoms with E-state index in [-0.39, 0.29) is 0 Å². The zero-order valence-electron chi connectivity index (χ0n) is 7.62. The maximum atomic E-state index is 10.7. The Hall–Kier alpha value is -0.830. The zero-order valence-corrected chi connectivity index (χ0v) is 7.62. The molecule has 0 heterocycles. The van der Waals surface area contributed by atoms with Crippen LogP contribution in [0.4, 0.5) is 0 Å². The van der Waals surface area contributed by atoms with Crippen molar-refractivity contribution in [3.63, 3.8) is 0 Å². The van der Waals surface area contributed by atoms with Crippen molar-refractivity contribution < 1.29 is 14.6 Å². The molecule has 70 valence electrons. The number of carbonyl (C=O) groups excluding carboxylic acids is 1. The van der Waals surface area contributed by atoms with E-state index in [9.17, 15) is 9.90 Å². The van der Waals surface area contributed by atoms with E-state index in [4.69, 9.17) is 0 Å². The third-order valence-corrected chi connectivity index (χ3v) is 1.33. The van der Waals surface area contributed by atoms with Crippen molar-refractivity contribution in [1.29, 1.82) is 0 Å². The van der Waals surface area contributed by atoms with Crippen LogP contribution in [-0.2, 0) is 9.53 Å². The first-order valence-electron chi connectivity index (χ1n) is 4.23. The van der Waals surface area contributed by atoms with Gasteiger partial charge in [0.15, 0.2) is 0 Å². The third kappa shape index (κ3) is 5.92. The van der Waals surface area contributed by atoms with Crippen LogP contribution in [0.25, 0.3) is 0 Å². The van der Waals surface area contributed by atoms with Crippen LogP contribution in [0.2, 0.25) is 0 Å². The summed E-state index contributed by atoms with van der Waals surface area (Å²) in [5.41, 5.74) is 0. The Morgan fingerprint density at radius 2 is 2.25 bits per heavy atom. The van der Waals surface area contributed by atoms with Gasteiger partial charge in [0, 0.05) is 6.08 Å². The average molecular weight is 172 g/mol. The lowest BCUT2D eigenvalue weighted by Gasteiger charge is -2.01. The predicted octanol–water partition coefficient (Wildman–Crippen LogP) is 1.27. The summed E-state index contributed by atoms with van der Waals surface area (Å²) in [5.74, 6) is -0.396. The highest BCUT2D eigenvalue weighted by Crippen LogP contribution is 1.97. The fourth-order valence-electron chi connectivity index (χ4n) is 0.772. The monoisotopic (exact) mass is 172 g/mol. The molecule has 12 heavy (non-hydrogen) atoms. The summed E-state index contributed by atoms with van der Waals surface area (Å²) < 4.78 is 4.63. The van der Waals surface area contributed by atoms with Crippen LogP contribution in [0.5, 0.6) is 0 Å². The fourth-order valence-corrected chi connectivity index (χ4v) is 0.772. The maximum Gasteiger partial charge on any atom is 0.330 e. The highest BCUT2D eigenvalue weighted by atomic mass is 16.5. The van der Waals surface area contributed by atoms with Crippen LogP contribution in [0, 0.1) is 0 Å². The van der Waals surface area contributed by atoms with E-state index in [1.165, 1.54) is 12.2 Å². The molecule has 0 aliphatic heterocycles. The van der Waals surface area contributed by atoms with E-state index in [2.05, 4.69) is 4.74 Å². The number of hydrogen-bond donors (Lipinski definition) is 1. The molecule has 0 fully saturated rings. The Balaban J connectivity index is 3.65. The van der Waals surface area contributed by atoms with E-state index < -0.39 is 12.1 Å². The minimum Gasteiger partial charge on any atom is -0.463 e. The molecule has 0 saturated carbocycles. The van der Waals surface area contributed by atoms with Gasteiger partial charge in [-0.25, -0.2) is 4.79 Å². The first-order chi connectivity index (χ1) is 5.70. The van der Waals surface area contributed by atoms with Crippen LogP contribution >= 0.6 is 0 Å². The predicted molar refractivity (Wildman–Crippen MR) is 46.7 cm³/mol. The van der Waals surface area contributed by atoms with Crippen LogP contribution in [0.3, 0.4) is 0 Å². The molecule has 0 aromatic heterocycles. The van der Waals surface area contributed by atoms with Gasteiger partial charge in [-0.1, -0.05) is 13.3 Å². The molecular formula is C9H16O3. The maximum absolute atomic E-state index is 10.7. The van der Waals surface area contributed by atoms with Gasteiger partial charge in [0.1, 0.15) is 0 Å². The number of esters is 1. The zero-order chi connectivity index (χ0) is 9.40. The van der Waals surface area contributed by atoms with Gasteiger partial charge >= 0.3 is 5.97 Å². The lowest BCUT2D eigenvalue weighted by atomic mass is 10.2. The summed E-state index contributed by atoms with van der Waals surface area (Å²) in [6, 6.07) is 0. The summed E-state index contributed by atoms with van der Waals surface area (Å²) in [6.07, 6.45) is 3.77. The molecule has 0 rings (SSSR count). The van der Waals surface area contributed by atoms with Gasteiger partial charge in [-0.05, 0) is 19.4 Å². The first kappa shape index (κ1) is 11.2. The molecule has 0 amide bonds. The molecule has 0 aromatic carbocycles. The Labute approximate surface area is 73.0 Å². The van der Waals surface area contributed by atoms with Crippen LogP contribution in [0.1, 0.15) is 26.7 Å². The molecule has 3 heteroatoms. The quantitative estimate of drug-likeness (QED) is 0.501. The lowest BCUT2D eigenvalue weighted by molar-refractivity contribution is -0.137. The van der Waals surface area contributed by atoms with Crippen molar-refractivity contribution >= 4 is 5.97 Å².